The molecule has 1 heterocycles. The second-order valence-electron chi connectivity index (χ2n) is 2.50. The minimum absolute atomic E-state index is 0.404. The van der Waals surface area contributed by atoms with Crippen LogP contribution in [0.4, 0.5) is 0 Å². The van der Waals surface area contributed by atoms with Crippen molar-refractivity contribution < 1.29 is 4.79 Å². The summed E-state index contributed by atoms with van der Waals surface area (Å²) < 4.78 is 0. The van der Waals surface area contributed by atoms with Crippen LogP contribution < -0.4 is 0 Å². The van der Waals surface area contributed by atoms with Gasteiger partial charge in [-0.2, -0.15) is 0 Å². The Balaban J connectivity index is 2.88. The summed E-state index contributed by atoms with van der Waals surface area (Å²) >= 11 is 0. The van der Waals surface area contributed by atoms with Gasteiger partial charge in [0.1, 0.15) is 0 Å². The highest BCUT2D eigenvalue weighted by atomic mass is 16.1. The second kappa shape index (κ2) is 2.64. The van der Waals surface area contributed by atoms with Crippen LogP contribution in [0.3, 0.4) is 0 Å². The maximum atomic E-state index is 10.1. The van der Waals surface area contributed by atoms with Gasteiger partial charge in [0.25, 0.3) is 0 Å². The molecular formula is C7H10N2O. The fourth-order valence-electron chi connectivity index (χ4n) is 0.705. The fraction of sp³-hybridized carbons (Fsp3) is 0.429. The highest BCUT2D eigenvalue weighted by Crippen LogP contribution is 2.09. The molecule has 54 valence electrons. The van der Waals surface area contributed by atoms with Crippen molar-refractivity contribution in [1.82, 2.24) is 9.97 Å². The van der Waals surface area contributed by atoms with E-state index in [0.717, 1.165) is 5.69 Å². The molecule has 3 nitrogen and oxygen atoms in total. The topological polar surface area (TPSA) is 45.8 Å². The van der Waals surface area contributed by atoms with Crippen LogP contribution in [0.1, 0.15) is 36.1 Å². The van der Waals surface area contributed by atoms with Gasteiger partial charge in [-0.3, -0.25) is 4.79 Å². The Hall–Kier alpha value is -1.12. The number of aromatic nitrogens is 2. The molecule has 0 radical (unpaired) electrons. The van der Waals surface area contributed by atoms with E-state index in [-0.39, 0.29) is 0 Å². The average Bonchev–Trinajstić information content (AvgIpc) is 2.34. The van der Waals surface area contributed by atoms with Crippen LogP contribution in [-0.4, -0.2) is 16.3 Å². The minimum Gasteiger partial charge on any atom is -0.339 e. The molecule has 1 aromatic heterocycles. The molecule has 0 aliphatic rings. The molecule has 0 aliphatic carbocycles. The molecule has 1 rings (SSSR count). The molecule has 0 saturated heterocycles. The van der Waals surface area contributed by atoms with Crippen LogP contribution in [0, 0.1) is 0 Å². The number of carbonyl (C=O) groups excluding carboxylic acids is 1. The van der Waals surface area contributed by atoms with Gasteiger partial charge in [-0.15, -0.1) is 0 Å². The van der Waals surface area contributed by atoms with E-state index in [4.69, 9.17) is 0 Å². The molecule has 0 unspecified atom stereocenters. The van der Waals surface area contributed by atoms with Gasteiger partial charge in [-0.1, -0.05) is 13.8 Å². The van der Waals surface area contributed by atoms with Crippen molar-refractivity contribution in [3.63, 3.8) is 0 Å². The average molecular weight is 138 g/mol. The van der Waals surface area contributed by atoms with Crippen LogP contribution in [0.25, 0.3) is 0 Å². The molecule has 0 aliphatic heterocycles. The molecule has 0 saturated carbocycles. The summed E-state index contributed by atoms with van der Waals surface area (Å²) in [6.07, 6.45) is 2.40. The van der Waals surface area contributed by atoms with Crippen molar-refractivity contribution in [3.8, 4) is 0 Å². The summed E-state index contributed by atoms with van der Waals surface area (Å²) in [4.78, 5) is 16.9. The lowest BCUT2D eigenvalue weighted by atomic mass is 10.2. The molecule has 1 aromatic rings. The zero-order valence-electron chi connectivity index (χ0n) is 6.09. The smallest absolute Gasteiger partial charge is 0.185 e. The summed E-state index contributed by atoms with van der Waals surface area (Å²) in [6, 6.07) is 0. The van der Waals surface area contributed by atoms with Crippen LogP contribution in [-0.2, 0) is 0 Å². The number of aldehydes is 1. The number of hydrogen-bond donors (Lipinski definition) is 1. The third kappa shape index (κ3) is 1.23. The highest BCUT2D eigenvalue weighted by molar-refractivity contribution is 5.68. The van der Waals surface area contributed by atoms with E-state index < -0.39 is 0 Å². The molecule has 10 heavy (non-hydrogen) atoms. The number of aromatic amines is 1. The number of H-pyrrole nitrogens is 1. The van der Waals surface area contributed by atoms with E-state index in [1.54, 1.807) is 6.20 Å². The first kappa shape index (κ1) is 6.99. The van der Waals surface area contributed by atoms with Gasteiger partial charge in [-0.25, -0.2) is 4.98 Å². The molecule has 0 spiro atoms. The predicted molar refractivity (Wildman–Crippen MR) is 38.1 cm³/mol. The summed E-state index contributed by atoms with van der Waals surface area (Å²) in [5.41, 5.74) is 1.00. The first-order valence-corrected chi connectivity index (χ1v) is 3.24. The van der Waals surface area contributed by atoms with Crippen LogP contribution in [0.2, 0.25) is 0 Å². The van der Waals surface area contributed by atoms with Crippen LogP contribution >= 0.6 is 0 Å². The zero-order valence-corrected chi connectivity index (χ0v) is 6.09. The lowest BCUT2D eigenvalue weighted by Gasteiger charge is -1.96. The zero-order chi connectivity index (χ0) is 7.56. The van der Waals surface area contributed by atoms with E-state index in [0.29, 0.717) is 18.0 Å². The fourth-order valence-corrected chi connectivity index (χ4v) is 0.705. The maximum absolute atomic E-state index is 10.1. The number of imidazole rings is 1. The largest absolute Gasteiger partial charge is 0.339 e. The Morgan fingerprint density at radius 1 is 1.70 bits per heavy atom. The first-order chi connectivity index (χ1) is 4.74. The van der Waals surface area contributed by atoms with Gasteiger partial charge in [-0.05, 0) is 5.92 Å². The molecule has 0 atom stereocenters. The Kier molecular flexibility index (Phi) is 1.85. The van der Waals surface area contributed by atoms with Crippen molar-refractivity contribution >= 4 is 6.29 Å². The van der Waals surface area contributed by atoms with Gasteiger partial charge < -0.3 is 4.98 Å². The predicted octanol–water partition coefficient (Wildman–Crippen LogP) is 1.35. The van der Waals surface area contributed by atoms with Gasteiger partial charge in [0.2, 0.25) is 0 Å². The first-order valence-electron chi connectivity index (χ1n) is 3.24. The molecule has 3 heteroatoms. The lowest BCUT2D eigenvalue weighted by molar-refractivity contribution is 0.111. The van der Waals surface area contributed by atoms with E-state index >= 15 is 0 Å². The SMILES string of the molecule is CC(C)c1cnc(C=O)[nH]1. The number of rotatable bonds is 2. The van der Waals surface area contributed by atoms with Gasteiger partial charge in [0.15, 0.2) is 12.1 Å². The monoisotopic (exact) mass is 138 g/mol. The van der Waals surface area contributed by atoms with Crippen LogP contribution in [0.15, 0.2) is 6.20 Å². The van der Waals surface area contributed by atoms with E-state index in [1.165, 1.54) is 0 Å². The Morgan fingerprint density at radius 3 is 2.70 bits per heavy atom. The highest BCUT2D eigenvalue weighted by Gasteiger charge is 2.01. The van der Waals surface area contributed by atoms with Crippen molar-refractivity contribution in [2.75, 3.05) is 0 Å². The van der Waals surface area contributed by atoms with Crippen molar-refractivity contribution in [2.24, 2.45) is 0 Å². The van der Waals surface area contributed by atoms with Crippen molar-refractivity contribution in [3.05, 3.63) is 17.7 Å². The van der Waals surface area contributed by atoms with Gasteiger partial charge >= 0.3 is 0 Å². The summed E-state index contributed by atoms with van der Waals surface area (Å²) in [6.45, 7) is 4.09. The Labute approximate surface area is 59.5 Å². The second-order valence-corrected chi connectivity index (χ2v) is 2.50. The summed E-state index contributed by atoms with van der Waals surface area (Å²) in [5.74, 6) is 0.810. The molecule has 0 bridgehead atoms. The summed E-state index contributed by atoms with van der Waals surface area (Å²) in [7, 11) is 0. The molecule has 0 aromatic carbocycles. The third-order valence-electron chi connectivity index (χ3n) is 1.35. The number of nitrogens with zero attached hydrogens (tertiary/aromatic N) is 1. The Bertz CT molecular complexity index is 227. The number of hydrogen-bond acceptors (Lipinski definition) is 2. The number of carbonyl (C=O) groups is 1. The maximum Gasteiger partial charge on any atom is 0.185 e. The lowest BCUT2D eigenvalue weighted by Crippen LogP contribution is -1.87. The van der Waals surface area contributed by atoms with E-state index in [9.17, 15) is 4.79 Å². The van der Waals surface area contributed by atoms with E-state index in [1.807, 2.05) is 13.8 Å². The minimum atomic E-state index is 0.404. The van der Waals surface area contributed by atoms with Crippen molar-refractivity contribution in [2.45, 2.75) is 19.8 Å². The molecule has 0 fully saturated rings. The third-order valence-corrected chi connectivity index (χ3v) is 1.35. The summed E-state index contributed by atoms with van der Waals surface area (Å²) in [5, 5.41) is 0. The van der Waals surface area contributed by atoms with Gasteiger partial charge in [0, 0.05) is 11.9 Å². The number of nitrogens with one attached hydrogen (secondary N) is 1. The van der Waals surface area contributed by atoms with E-state index in [2.05, 4.69) is 9.97 Å². The molecule has 1 N–H and O–H groups in total. The normalized spacial score (nSPS) is 10.3. The standard InChI is InChI=1S/C7H10N2O/c1-5(2)6-3-8-7(4-10)9-6/h3-5H,1-2H3,(H,8,9). The molecular weight excluding hydrogens is 128 g/mol. The van der Waals surface area contributed by atoms with Gasteiger partial charge in [0.05, 0.1) is 0 Å². The Morgan fingerprint density at radius 2 is 2.40 bits per heavy atom. The molecule has 0 amide bonds. The van der Waals surface area contributed by atoms with Crippen LogP contribution in [0.5, 0.6) is 0 Å². The van der Waals surface area contributed by atoms with Crippen molar-refractivity contribution in [1.29, 1.82) is 0 Å². The quantitative estimate of drug-likeness (QED) is 0.627.